The Hall–Kier alpha value is -2.72. The zero-order chi connectivity index (χ0) is 19.8. The van der Waals surface area contributed by atoms with Crippen LogP contribution in [-0.2, 0) is 6.42 Å². The van der Waals surface area contributed by atoms with Gasteiger partial charge in [0.2, 0.25) is 4.77 Å². The number of aromatic nitrogens is 3. The van der Waals surface area contributed by atoms with Crippen molar-refractivity contribution in [2.75, 3.05) is 0 Å². The van der Waals surface area contributed by atoms with Gasteiger partial charge >= 0.3 is 0 Å². The second-order valence-electron chi connectivity index (χ2n) is 7.88. The molecule has 1 N–H and O–H groups in total. The molecule has 2 aromatic heterocycles. The molecule has 4 aromatic rings. The van der Waals surface area contributed by atoms with E-state index < -0.39 is 0 Å². The summed E-state index contributed by atoms with van der Waals surface area (Å²) in [7, 11) is 0. The number of benzene rings is 2. The second-order valence-corrected chi connectivity index (χ2v) is 8.25. The third-order valence-electron chi connectivity index (χ3n) is 5.32. The summed E-state index contributed by atoms with van der Waals surface area (Å²) in [5.41, 5.74) is 9.32. The van der Waals surface area contributed by atoms with Crippen LogP contribution in [0.5, 0.6) is 0 Å². The van der Waals surface area contributed by atoms with Gasteiger partial charge in [0.05, 0.1) is 5.69 Å². The summed E-state index contributed by atoms with van der Waals surface area (Å²) in [6.45, 7) is 8.78. The lowest BCUT2D eigenvalue weighted by Crippen LogP contribution is -1.95. The van der Waals surface area contributed by atoms with Crippen LogP contribution in [0.25, 0.3) is 28.0 Å². The lowest BCUT2D eigenvalue weighted by Gasteiger charge is -2.09. The van der Waals surface area contributed by atoms with Gasteiger partial charge < -0.3 is 4.98 Å². The van der Waals surface area contributed by atoms with Crippen molar-refractivity contribution >= 4 is 17.9 Å². The standard InChI is InChI=1S/C24H25N3S/c1-15(2)12-18-8-10-19(11-9-18)22-14-27-23(26-22)21(13-25-24(27)28)20-7-5-6-16(3)17(20)4/h5-11,13-15,26H,12H2,1-4H3. The van der Waals surface area contributed by atoms with Gasteiger partial charge in [0.15, 0.2) is 0 Å². The molecule has 2 aromatic carbocycles. The van der Waals surface area contributed by atoms with Crippen molar-refractivity contribution in [3.63, 3.8) is 0 Å². The number of nitrogens with zero attached hydrogens (tertiary/aromatic N) is 2. The van der Waals surface area contributed by atoms with Crippen molar-refractivity contribution in [2.45, 2.75) is 34.1 Å². The van der Waals surface area contributed by atoms with Gasteiger partial charge in [-0.15, -0.1) is 0 Å². The summed E-state index contributed by atoms with van der Waals surface area (Å²) >= 11 is 5.49. The summed E-state index contributed by atoms with van der Waals surface area (Å²) in [5, 5.41) is 0. The average molecular weight is 388 g/mol. The van der Waals surface area contributed by atoms with E-state index in [0.29, 0.717) is 10.7 Å². The quantitative estimate of drug-likeness (QED) is 0.403. The van der Waals surface area contributed by atoms with E-state index in [0.717, 1.165) is 28.9 Å². The van der Waals surface area contributed by atoms with Crippen LogP contribution in [0, 0.1) is 24.5 Å². The number of nitrogens with one attached hydrogen (secondary N) is 1. The Kier molecular flexibility index (Phi) is 4.90. The summed E-state index contributed by atoms with van der Waals surface area (Å²) in [6, 6.07) is 15.1. The minimum absolute atomic E-state index is 0.558. The molecule has 0 aliphatic heterocycles. The van der Waals surface area contributed by atoms with Crippen LogP contribution < -0.4 is 0 Å². The molecule has 2 heterocycles. The molecule has 28 heavy (non-hydrogen) atoms. The Morgan fingerprint density at radius 3 is 2.50 bits per heavy atom. The third-order valence-corrected chi connectivity index (χ3v) is 5.62. The smallest absolute Gasteiger partial charge is 0.205 e. The molecule has 0 atom stereocenters. The highest BCUT2D eigenvalue weighted by Crippen LogP contribution is 2.30. The van der Waals surface area contributed by atoms with Crippen molar-refractivity contribution in [3.05, 3.63) is 76.3 Å². The monoisotopic (exact) mass is 387 g/mol. The van der Waals surface area contributed by atoms with E-state index in [4.69, 9.17) is 12.2 Å². The number of imidazole rings is 1. The second kappa shape index (κ2) is 7.36. The molecule has 0 aliphatic rings. The highest BCUT2D eigenvalue weighted by atomic mass is 32.1. The Labute approximate surface area is 171 Å². The molecule has 0 saturated carbocycles. The van der Waals surface area contributed by atoms with E-state index in [1.807, 2.05) is 10.6 Å². The summed E-state index contributed by atoms with van der Waals surface area (Å²) in [6.07, 6.45) is 5.03. The van der Waals surface area contributed by atoms with Gasteiger partial charge in [-0.25, -0.2) is 4.98 Å². The van der Waals surface area contributed by atoms with E-state index in [1.165, 1.54) is 22.3 Å². The fourth-order valence-electron chi connectivity index (χ4n) is 3.68. The zero-order valence-corrected chi connectivity index (χ0v) is 17.6. The van der Waals surface area contributed by atoms with Crippen LogP contribution in [0.3, 0.4) is 0 Å². The molecular weight excluding hydrogens is 362 g/mol. The van der Waals surface area contributed by atoms with Crippen molar-refractivity contribution < 1.29 is 0 Å². The maximum absolute atomic E-state index is 5.49. The Balaban J connectivity index is 1.84. The lowest BCUT2D eigenvalue weighted by molar-refractivity contribution is 0.647. The highest BCUT2D eigenvalue weighted by molar-refractivity contribution is 7.71. The van der Waals surface area contributed by atoms with Crippen LogP contribution in [0.2, 0.25) is 0 Å². The molecule has 0 radical (unpaired) electrons. The van der Waals surface area contributed by atoms with E-state index >= 15 is 0 Å². The SMILES string of the molecule is Cc1cccc(-c2cnc(=S)n3cc(-c4ccc(CC(C)C)cc4)[nH]c23)c1C. The number of aromatic amines is 1. The summed E-state index contributed by atoms with van der Waals surface area (Å²) in [5.74, 6) is 0.656. The van der Waals surface area contributed by atoms with Gasteiger partial charge in [0, 0.05) is 18.0 Å². The first-order chi connectivity index (χ1) is 13.4. The van der Waals surface area contributed by atoms with Crippen molar-refractivity contribution in [2.24, 2.45) is 5.92 Å². The molecule has 0 unspecified atom stereocenters. The molecule has 0 aliphatic carbocycles. The fourth-order valence-corrected chi connectivity index (χ4v) is 3.88. The normalized spacial score (nSPS) is 11.5. The Morgan fingerprint density at radius 1 is 1.04 bits per heavy atom. The van der Waals surface area contributed by atoms with Crippen LogP contribution >= 0.6 is 12.2 Å². The zero-order valence-electron chi connectivity index (χ0n) is 16.8. The van der Waals surface area contributed by atoms with Gasteiger partial charge in [0.25, 0.3) is 0 Å². The summed E-state index contributed by atoms with van der Waals surface area (Å²) in [4.78, 5) is 8.05. The van der Waals surface area contributed by atoms with E-state index in [9.17, 15) is 0 Å². The molecule has 0 fully saturated rings. The number of H-pyrrole nitrogens is 1. The first kappa shape index (κ1) is 18.6. The van der Waals surface area contributed by atoms with E-state index in [-0.39, 0.29) is 0 Å². The molecular formula is C24H25N3S. The summed E-state index contributed by atoms with van der Waals surface area (Å²) < 4.78 is 2.53. The van der Waals surface area contributed by atoms with Gasteiger partial charge in [-0.1, -0.05) is 56.3 Å². The number of hydrogen-bond donors (Lipinski definition) is 1. The Morgan fingerprint density at radius 2 is 1.79 bits per heavy atom. The first-order valence-electron chi connectivity index (χ1n) is 9.70. The molecule has 0 bridgehead atoms. The minimum atomic E-state index is 0.558. The Bertz CT molecular complexity index is 1200. The van der Waals surface area contributed by atoms with Crippen molar-refractivity contribution in [1.82, 2.24) is 14.4 Å². The largest absolute Gasteiger partial charge is 0.339 e. The molecule has 4 heteroatoms. The molecule has 0 amide bonds. The van der Waals surface area contributed by atoms with Crippen LogP contribution in [-0.4, -0.2) is 14.4 Å². The first-order valence-corrected chi connectivity index (χ1v) is 10.1. The fraction of sp³-hybridized carbons (Fsp3) is 0.250. The van der Waals surface area contributed by atoms with Gasteiger partial charge in [0.1, 0.15) is 5.65 Å². The molecule has 0 spiro atoms. The predicted octanol–water partition coefficient (Wildman–Crippen LogP) is 6.54. The average Bonchev–Trinajstić information content (AvgIpc) is 3.11. The highest BCUT2D eigenvalue weighted by Gasteiger charge is 2.13. The molecule has 0 saturated heterocycles. The van der Waals surface area contributed by atoms with Crippen LogP contribution in [0.1, 0.15) is 30.5 Å². The predicted molar refractivity (Wildman–Crippen MR) is 119 cm³/mol. The van der Waals surface area contributed by atoms with E-state index in [2.05, 4.69) is 86.3 Å². The van der Waals surface area contributed by atoms with Crippen LogP contribution in [0.4, 0.5) is 0 Å². The minimum Gasteiger partial charge on any atom is -0.339 e. The maximum Gasteiger partial charge on any atom is 0.205 e. The number of fused-ring (bicyclic) bond motifs is 1. The number of aryl methyl sites for hydroxylation is 1. The lowest BCUT2D eigenvalue weighted by atomic mass is 9.99. The van der Waals surface area contributed by atoms with Crippen molar-refractivity contribution in [3.8, 4) is 22.4 Å². The number of rotatable bonds is 4. The molecule has 142 valence electrons. The number of hydrogen-bond acceptors (Lipinski definition) is 2. The molecule has 4 rings (SSSR count). The van der Waals surface area contributed by atoms with E-state index in [1.54, 1.807) is 0 Å². The van der Waals surface area contributed by atoms with Gasteiger partial charge in [-0.2, -0.15) is 0 Å². The van der Waals surface area contributed by atoms with Gasteiger partial charge in [-0.05, 0) is 66.2 Å². The third kappa shape index (κ3) is 3.40. The van der Waals surface area contributed by atoms with Crippen molar-refractivity contribution in [1.29, 1.82) is 0 Å². The maximum atomic E-state index is 5.49. The topological polar surface area (TPSA) is 33.1 Å². The molecule has 3 nitrogen and oxygen atoms in total. The van der Waals surface area contributed by atoms with Crippen LogP contribution in [0.15, 0.2) is 54.9 Å². The van der Waals surface area contributed by atoms with Gasteiger partial charge in [-0.3, -0.25) is 4.40 Å².